The van der Waals surface area contributed by atoms with Crippen LogP contribution in [-0.4, -0.2) is 21.6 Å². The zero-order chi connectivity index (χ0) is 18.7. The van der Waals surface area contributed by atoms with Crippen molar-refractivity contribution in [2.45, 2.75) is 20.0 Å². The van der Waals surface area contributed by atoms with Gasteiger partial charge < -0.3 is 19.8 Å². The van der Waals surface area contributed by atoms with Gasteiger partial charge in [0.15, 0.2) is 0 Å². The van der Waals surface area contributed by atoms with Crippen molar-refractivity contribution in [1.29, 1.82) is 0 Å². The summed E-state index contributed by atoms with van der Waals surface area (Å²) in [4.78, 5) is 5.18. The highest BCUT2D eigenvalue weighted by Crippen LogP contribution is 2.22. The molecule has 0 fully saturated rings. The number of ether oxygens (including phenoxy) is 2. The van der Waals surface area contributed by atoms with Gasteiger partial charge in [0.1, 0.15) is 23.9 Å². The smallest absolute Gasteiger partial charge is 0.147 e. The highest BCUT2D eigenvalue weighted by Gasteiger charge is 2.10. The van der Waals surface area contributed by atoms with Gasteiger partial charge >= 0.3 is 0 Å². The zero-order valence-electron chi connectivity index (χ0n) is 15.2. The van der Waals surface area contributed by atoms with Crippen LogP contribution in [-0.2, 0) is 20.1 Å². The van der Waals surface area contributed by atoms with E-state index in [2.05, 4.69) is 4.98 Å². The van der Waals surface area contributed by atoms with Crippen LogP contribution in [0.3, 0.4) is 0 Å². The lowest BCUT2D eigenvalue weighted by Gasteiger charge is -2.10. The Hall–Kier alpha value is -2.60. The van der Waals surface area contributed by atoms with Crippen LogP contribution in [0.4, 0.5) is 0 Å². The summed E-state index contributed by atoms with van der Waals surface area (Å²) in [6.45, 7) is 2.43. The number of hydrogen-bond acceptors (Lipinski definition) is 4. The molecule has 2 aromatic carbocycles. The van der Waals surface area contributed by atoms with E-state index in [9.17, 15) is 0 Å². The van der Waals surface area contributed by atoms with E-state index in [4.69, 9.17) is 27.4 Å². The number of hydrogen-bond donors (Lipinski definition) is 1. The van der Waals surface area contributed by atoms with Crippen LogP contribution in [0.2, 0.25) is 0 Å². The van der Waals surface area contributed by atoms with Gasteiger partial charge in [-0.2, -0.15) is 0 Å². The highest BCUT2D eigenvalue weighted by molar-refractivity contribution is 7.80. The number of aromatic nitrogens is 2. The zero-order valence-corrected chi connectivity index (χ0v) is 16.0. The fraction of sp³-hybridized carbons (Fsp3) is 0.300. The van der Waals surface area contributed by atoms with Crippen LogP contribution < -0.4 is 15.2 Å². The van der Waals surface area contributed by atoms with Gasteiger partial charge in [-0.05, 0) is 36.2 Å². The molecule has 0 radical (unpaired) electrons. The van der Waals surface area contributed by atoms with Crippen molar-refractivity contribution in [3.63, 3.8) is 0 Å². The summed E-state index contributed by atoms with van der Waals surface area (Å²) < 4.78 is 13.2. The monoisotopic (exact) mass is 369 g/mol. The lowest BCUT2D eigenvalue weighted by molar-refractivity contribution is 0.292. The second-order valence-electron chi connectivity index (χ2n) is 6.38. The fourth-order valence-electron chi connectivity index (χ4n) is 2.80. The molecule has 0 saturated carbocycles. The first-order chi connectivity index (χ1) is 12.5. The molecule has 3 aromatic rings. The maximum atomic E-state index is 5.90. The Kier molecular flexibility index (Phi) is 5.42. The van der Waals surface area contributed by atoms with Crippen LogP contribution in [0.15, 0.2) is 42.5 Å². The third-order valence-corrected chi connectivity index (χ3v) is 4.90. The summed E-state index contributed by atoms with van der Waals surface area (Å²) in [5.41, 5.74) is 8.81. The largest absolute Gasteiger partial charge is 0.497 e. The summed E-state index contributed by atoms with van der Waals surface area (Å²) in [5.74, 6) is 2.67. The van der Waals surface area contributed by atoms with E-state index in [1.165, 1.54) is 5.56 Å². The molecule has 6 heteroatoms. The van der Waals surface area contributed by atoms with E-state index in [-0.39, 0.29) is 5.92 Å². The molecule has 1 heterocycles. The normalized spacial score (nSPS) is 12.1. The maximum Gasteiger partial charge on any atom is 0.147 e. The summed E-state index contributed by atoms with van der Waals surface area (Å²) in [5, 5.41) is 0. The molecule has 0 aliphatic heterocycles. The topological polar surface area (TPSA) is 62.3 Å². The molecule has 136 valence electrons. The number of benzene rings is 2. The van der Waals surface area contributed by atoms with Gasteiger partial charge in [-0.3, -0.25) is 0 Å². The third kappa shape index (κ3) is 3.96. The minimum absolute atomic E-state index is 0.189. The number of nitrogens with zero attached hydrogens (tertiary/aromatic N) is 2. The first kappa shape index (κ1) is 18.2. The Morgan fingerprint density at radius 1 is 1.19 bits per heavy atom. The molecule has 2 N–H and O–H groups in total. The summed E-state index contributed by atoms with van der Waals surface area (Å²) in [6, 6.07) is 13.9. The fourth-order valence-corrected chi connectivity index (χ4v) is 2.88. The van der Waals surface area contributed by atoms with E-state index in [0.29, 0.717) is 11.6 Å². The minimum atomic E-state index is 0.189. The minimum Gasteiger partial charge on any atom is -0.497 e. The molecule has 0 aliphatic rings. The lowest BCUT2D eigenvalue weighted by Crippen LogP contribution is -2.20. The summed E-state index contributed by atoms with van der Waals surface area (Å²) in [6.07, 6.45) is 0.836. The van der Waals surface area contributed by atoms with Crippen molar-refractivity contribution in [1.82, 2.24) is 9.55 Å². The van der Waals surface area contributed by atoms with Crippen molar-refractivity contribution in [2.24, 2.45) is 18.7 Å². The molecule has 3 rings (SSSR count). The lowest BCUT2D eigenvalue weighted by atomic mass is 10.0. The molecule has 1 atom stereocenters. The van der Waals surface area contributed by atoms with Gasteiger partial charge in [-0.25, -0.2) is 4.98 Å². The first-order valence-electron chi connectivity index (χ1n) is 8.48. The van der Waals surface area contributed by atoms with Crippen LogP contribution in [0.5, 0.6) is 11.5 Å². The molecular formula is C20H23N3O2S. The summed E-state index contributed by atoms with van der Waals surface area (Å²) >= 11 is 5.03. The predicted molar refractivity (Wildman–Crippen MR) is 108 cm³/mol. The van der Waals surface area contributed by atoms with Crippen molar-refractivity contribution in [3.05, 3.63) is 53.9 Å². The molecule has 1 unspecified atom stereocenters. The Balaban J connectivity index is 1.68. The first-order valence-corrected chi connectivity index (χ1v) is 8.89. The number of thiocarbonyl (C=S) groups is 1. The van der Waals surface area contributed by atoms with E-state index in [0.717, 1.165) is 34.8 Å². The second kappa shape index (κ2) is 7.74. The van der Waals surface area contributed by atoms with Crippen LogP contribution in [0.1, 0.15) is 18.3 Å². The van der Waals surface area contributed by atoms with Gasteiger partial charge in [0.05, 0.1) is 23.1 Å². The molecule has 0 bridgehead atoms. The van der Waals surface area contributed by atoms with Gasteiger partial charge in [0, 0.05) is 19.0 Å². The predicted octanol–water partition coefficient (Wildman–Crippen LogP) is 3.63. The molecule has 0 spiro atoms. The number of imidazole rings is 1. The molecular weight excluding hydrogens is 346 g/mol. The number of aryl methyl sites for hydroxylation is 1. The van der Waals surface area contributed by atoms with Gasteiger partial charge in [-0.15, -0.1) is 0 Å². The van der Waals surface area contributed by atoms with E-state index < -0.39 is 0 Å². The molecule has 0 saturated heterocycles. The van der Waals surface area contributed by atoms with Crippen molar-refractivity contribution in [2.75, 3.05) is 7.11 Å². The van der Waals surface area contributed by atoms with Gasteiger partial charge in [0.25, 0.3) is 0 Å². The molecule has 5 nitrogen and oxygen atoms in total. The Labute approximate surface area is 158 Å². The molecule has 0 amide bonds. The number of nitrogens with two attached hydrogens (primary N) is 1. The highest BCUT2D eigenvalue weighted by atomic mass is 32.1. The Bertz CT molecular complexity index is 919. The van der Waals surface area contributed by atoms with Gasteiger partial charge in [-0.1, -0.05) is 31.3 Å². The van der Waals surface area contributed by atoms with Crippen LogP contribution in [0, 0.1) is 5.92 Å². The Morgan fingerprint density at radius 3 is 2.54 bits per heavy atom. The Morgan fingerprint density at radius 2 is 1.88 bits per heavy atom. The third-order valence-electron chi connectivity index (χ3n) is 4.50. The van der Waals surface area contributed by atoms with E-state index in [1.54, 1.807) is 7.11 Å². The molecule has 1 aromatic heterocycles. The number of methoxy groups -OCH3 is 1. The average molecular weight is 369 g/mol. The maximum absolute atomic E-state index is 5.90. The van der Waals surface area contributed by atoms with Crippen molar-refractivity contribution in [3.8, 4) is 11.5 Å². The summed E-state index contributed by atoms with van der Waals surface area (Å²) in [7, 11) is 3.64. The van der Waals surface area contributed by atoms with Crippen molar-refractivity contribution < 1.29 is 9.47 Å². The second-order valence-corrected chi connectivity index (χ2v) is 6.85. The molecule has 0 aliphatic carbocycles. The van der Waals surface area contributed by atoms with Crippen LogP contribution in [0.25, 0.3) is 11.0 Å². The van der Waals surface area contributed by atoms with E-state index >= 15 is 0 Å². The average Bonchev–Trinajstić information content (AvgIpc) is 2.96. The quantitative estimate of drug-likeness (QED) is 0.645. The van der Waals surface area contributed by atoms with E-state index in [1.807, 2.05) is 61.0 Å². The van der Waals surface area contributed by atoms with Crippen LogP contribution >= 0.6 is 12.2 Å². The number of rotatable bonds is 7. The van der Waals surface area contributed by atoms with Gasteiger partial charge in [0.2, 0.25) is 0 Å². The standard InChI is InChI=1S/C20H23N3O2S/c1-13(20(21)26)10-14-4-6-15(7-5-14)25-12-19-22-17-9-8-16(24-3)11-18(17)23(19)2/h4-9,11,13H,10,12H2,1-3H3,(H2,21,26). The molecule has 26 heavy (non-hydrogen) atoms. The SMILES string of the molecule is COc1ccc2nc(COc3ccc(CC(C)C(N)=S)cc3)n(C)c2c1. The number of fused-ring (bicyclic) bond motifs is 1. The van der Waals surface area contributed by atoms with Crippen molar-refractivity contribution >= 4 is 28.2 Å².